The summed E-state index contributed by atoms with van der Waals surface area (Å²) in [6, 6.07) is 0. The van der Waals surface area contributed by atoms with Crippen molar-refractivity contribution in [3.63, 3.8) is 0 Å². The molecule has 0 spiro atoms. The second-order valence-electron chi connectivity index (χ2n) is 3.94. The van der Waals surface area contributed by atoms with E-state index in [1.165, 1.54) is 0 Å². The van der Waals surface area contributed by atoms with Gasteiger partial charge in [0.1, 0.15) is 0 Å². The van der Waals surface area contributed by atoms with Crippen LogP contribution in [0.1, 0.15) is 26.7 Å². The van der Waals surface area contributed by atoms with Crippen molar-refractivity contribution in [3.05, 3.63) is 0 Å². The maximum Gasteiger partial charge on any atom is 0.307 e. The van der Waals surface area contributed by atoms with Crippen LogP contribution >= 0.6 is 0 Å². The highest BCUT2D eigenvalue weighted by Crippen LogP contribution is 2.08. The molecule has 0 bridgehead atoms. The minimum absolute atomic E-state index is 0.00926. The number of primary amides is 1. The van der Waals surface area contributed by atoms with Crippen molar-refractivity contribution in [1.82, 2.24) is 5.32 Å². The molecule has 5 heteroatoms. The first kappa shape index (κ1) is 13.9. The van der Waals surface area contributed by atoms with Gasteiger partial charge < -0.3 is 16.2 Å². The molecule has 0 aromatic rings. The topological polar surface area (TPSA) is 92.4 Å². The lowest BCUT2D eigenvalue weighted by Crippen LogP contribution is -2.34. The molecule has 0 aromatic carbocycles. The number of hydrogen-bond donors (Lipinski definition) is 3. The molecule has 4 N–H and O–H groups in total. The normalized spacial score (nSPS) is 20.3. The van der Waals surface area contributed by atoms with E-state index in [0.29, 0.717) is 6.54 Å². The van der Waals surface area contributed by atoms with Gasteiger partial charge in [0, 0.05) is 12.5 Å². The summed E-state index contributed by atoms with van der Waals surface area (Å²) in [5.74, 6) is -1.05. The van der Waals surface area contributed by atoms with Crippen molar-refractivity contribution in [1.29, 1.82) is 0 Å². The number of nitrogens with two attached hydrogens (primary N) is 1. The summed E-state index contributed by atoms with van der Waals surface area (Å²) in [5.41, 5.74) is 4.80. The summed E-state index contributed by atoms with van der Waals surface area (Å²) in [6.07, 6.45) is 1.83. The fraction of sp³-hybridized carbons (Fsp3) is 0.800. The standard InChI is InChI=1S/C6H11NO2.C4H9NO/c8-6(9)5-2-1-3-7-4-5;1-3(2)4(5)6/h5,7H,1-4H2,(H,8,9);3H,1-2H3,(H2,5,6). The Balaban J connectivity index is 0.000000288. The number of rotatable bonds is 2. The van der Waals surface area contributed by atoms with Gasteiger partial charge in [0.2, 0.25) is 5.91 Å². The SMILES string of the molecule is CC(C)C(N)=O.O=C(O)C1CCCNC1. The lowest BCUT2D eigenvalue weighted by Gasteiger charge is -2.18. The maximum absolute atomic E-state index is 10.3. The Bertz CT molecular complexity index is 211. The van der Waals surface area contributed by atoms with Crippen molar-refractivity contribution < 1.29 is 14.7 Å². The largest absolute Gasteiger partial charge is 0.481 e. The highest BCUT2D eigenvalue weighted by Gasteiger charge is 2.18. The Kier molecular flexibility index (Phi) is 6.70. The summed E-state index contributed by atoms with van der Waals surface area (Å²) >= 11 is 0. The molecule has 0 radical (unpaired) electrons. The monoisotopic (exact) mass is 216 g/mol. The highest BCUT2D eigenvalue weighted by molar-refractivity contribution is 5.75. The van der Waals surface area contributed by atoms with Gasteiger partial charge in [0.15, 0.2) is 0 Å². The average Bonchev–Trinajstić information content (AvgIpc) is 2.20. The van der Waals surface area contributed by atoms with Crippen LogP contribution in [0, 0.1) is 11.8 Å². The molecule has 15 heavy (non-hydrogen) atoms. The summed E-state index contributed by atoms with van der Waals surface area (Å²) in [5, 5.41) is 11.5. The van der Waals surface area contributed by atoms with E-state index in [1.54, 1.807) is 13.8 Å². The van der Waals surface area contributed by atoms with Gasteiger partial charge in [0.25, 0.3) is 0 Å². The first-order chi connectivity index (χ1) is 6.95. The van der Waals surface area contributed by atoms with Crippen LogP contribution < -0.4 is 11.1 Å². The first-order valence-corrected chi connectivity index (χ1v) is 5.18. The second kappa shape index (κ2) is 7.23. The zero-order valence-corrected chi connectivity index (χ0v) is 9.32. The third-order valence-electron chi connectivity index (χ3n) is 2.22. The molecule has 88 valence electrons. The minimum Gasteiger partial charge on any atom is -0.481 e. The molecule has 5 nitrogen and oxygen atoms in total. The Labute approximate surface area is 90.0 Å². The van der Waals surface area contributed by atoms with Crippen LogP contribution in [0.4, 0.5) is 0 Å². The molecule has 0 aromatic heterocycles. The predicted octanol–water partition coefficient (Wildman–Crippen LogP) is 0.198. The number of nitrogens with one attached hydrogen (secondary N) is 1. The lowest BCUT2D eigenvalue weighted by atomic mass is 10.0. The van der Waals surface area contributed by atoms with Crippen LogP contribution in [0.5, 0.6) is 0 Å². The van der Waals surface area contributed by atoms with E-state index in [-0.39, 0.29) is 17.7 Å². The summed E-state index contributed by atoms with van der Waals surface area (Å²) in [6.45, 7) is 5.16. The number of aliphatic carboxylic acids is 1. The number of piperidine rings is 1. The van der Waals surface area contributed by atoms with E-state index in [0.717, 1.165) is 19.4 Å². The average molecular weight is 216 g/mol. The number of hydrogen-bond acceptors (Lipinski definition) is 3. The number of carbonyl (C=O) groups excluding carboxylic acids is 1. The summed E-state index contributed by atoms with van der Waals surface area (Å²) < 4.78 is 0. The molecular weight excluding hydrogens is 196 g/mol. The van der Waals surface area contributed by atoms with Crippen LogP contribution in [0.2, 0.25) is 0 Å². The van der Waals surface area contributed by atoms with Crippen LogP contribution in [0.25, 0.3) is 0 Å². The molecule has 0 aliphatic carbocycles. The van der Waals surface area contributed by atoms with E-state index in [4.69, 9.17) is 10.8 Å². The maximum atomic E-state index is 10.3. The quantitative estimate of drug-likeness (QED) is 0.614. The van der Waals surface area contributed by atoms with Gasteiger partial charge in [-0.05, 0) is 19.4 Å². The zero-order valence-electron chi connectivity index (χ0n) is 9.32. The first-order valence-electron chi connectivity index (χ1n) is 5.18. The number of carboxylic acid groups (broad SMARTS) is 1. The van der Waals surface area contributed by atoms with Crippen LogP contribution in [-0.2, 0) is 9.59 Å². The minimum atomic E-state index is -0.665. The van der Waals surface area contributed by atoms with Gasteiger partial charge in [-0.2, -0.15) is 0 Å². The Morgan fingerprint density at radius 2 is 2.00 bits per heavy atom. The van der Waals surface area contributed by atoms with Gasteiger partial charge in [-0.1, -0.05) is 13.8 Å². The number of carboxylic acids is 1. The molecule has 1 atom stereocenters. The molecule has 1 aliphatic heterocycles. The van der Waals surface area contributed by atoms with Gasteiger partial charge in [0.05, 0.1) is 5.92 Å². The van der Waals surface area contributed by atoms with Crippen LogP contribution in [-0.4, -0.2) is 30.1 Å². The molecular formula is C10H20N2O3. The Hall–Kier alpha value is -1.10. The molecule has 0 saturated carbocycles. The molecule has 1 rings (SSSR count). The third-order valence-corrected chi connectivity index (χ3v) is 2.22. The van der Waals surface area contributed by atoms with Crippen molar-refractivity contribution >= 4 is 11.9 Å². The summed E-state index contributed by atoms with van der Waals surface area (Å²) in [7, 11) is 0. The van der Waals surface area contributed by atoms with Crippen molar-refractivity contribution in [2.75, 3.05) is 13.1 Å². The van der Waals surface area contributed by atoms with Gasteiger partial charge in [-0.15, -0.1) is 0 Å². The van der Waals surface area contributed by atoms with E-state index < -0.39 is 5.97 Å². The van der Waals surface area contributed by atoms with Gasteiger partial charge >= 0.3 is 5.97 Å². The Morgan fingerprint density at radius 1 is 1.47 bits per heavy atom. The number of amides is 1. The zero-order chi connectivity index (χ0) is 11.8. The number of carbonyl (C=O) groups is 2. The van der Waals surface area contributed by atoms with Crippen LogP contribution in [0.3, 0.4) is 0 Å². The molecule has 1 heterocycles. The predicted molar refractivity (Wildman–Crippen MR) is 57.3 cm³/mol. The van der Waals surface area contributed by atoms with E-state index in [9.17, 15) is 9.59 Å². The van der Waals surface area contributed by atoms with Gasteiger partial charge in [-0.3, -0.25) is 9.59 Å². The lowest BCUT2D eigenvalue weighted by molar-refractivity contribution is -0.142. The third kappa shape index (κ3) is 6.90. The fourth-order valence-corrected chi connectivity index (χ4v) is 1.06. The van der Waals surface area contributed by atoms with E-state index in [2.05, 4.69) is 5.32 Å². The van der Waals surface area contributed by atoms with Crippen molar-refractivity contribution in [3.8, 4) is 0 Å². The second-order valence-corrected chi connectivity index (χ2v) is 3.94. The Morgan fingerprint density at radius 3 is 2.20 bits per heavy atom. The van der Waals surface area contributed by atoms with Crippen LogP contribution in [0.15, 0.2) is 0 Å². The molecule has 1 amide bonds. The fourth-order valence-electron chi connectivity index (χ4n) is 1.06. The van der Waals surface area contributed by atoms with E-state index in [1.807, 2.05) is 0 Å². The molecule has 1 unspecified atom stereocenters. The molecule has 1 saturated heterocycles. The van der Waals surface area contributed by atoms with Gasteiger partial charge in [-0.25, -0.2) is 0 Å². The van der Waals surface area contributed by atoms with E-state index >= 15 is 0 Å². The smallest absolute Gasteiger partial charge is 0.307 e. The summed E-state index contributed by atoms with van der Waals surface area (Å²) in [4.78, 5) is 20.2. The molecule has 1 fully saturated rings. The van der Waals surface area contributed by atoms with Crippen molar-refractivity contribution in [2.24, 2.45) is 17.6 Å². The van der Waals surface area contributed by atoms with Crippen molar-refractivity contribution in [2.45, 2.75) is 26.7 Å². The molecule has 1 aliphatic rings. The highest BCUT2D eigenvalue weighted by atomic mass is 16.4.